The second kappa shape index (κ2) is 6.22. The first-order valence-electron chi connectivity index (χ1n) is 7.18. The quantitative estimate of drug-likeness (QED) is 0.524. The lowest BCUT2D eigenvalue weighted by Gasteiger charge is -2.29. The number of hydrogen-bond donors (Lipinski definition) is 3. The highest BCUT2D eigenvalue weighted by Crippen LogP contribution is 2.43. The van der Waals surface area contributed by atoms with Crippen LogP contribution in [0.2, 0.25) is 0 Å². The van der Waals surface area contributed by atoms with Gasteiger partial charge in [0.05, 0.1) is 12.8 Å². The van der Waals surface area contributed by atoms with E-state index in [4.69, 9.17) is 10.5 Å². The predicted octanol–water partition coefficient (Wildman–Crippen LogP) is 2.08. The van der Waals surface area contributed by atoms with Crippen molar-refractivity contribution in [2.45, 2.75) is 43.9 Å². The molecule has 2 heterocycles. The molecule has 1 aromatic heterocycles. The van der Waals surface area contributed by atoms with Crippen molar-refractivity contribution >= 4 is 5.69 Å². The van der Waals surface area contributed by atoms with Gasteiger partial charge in [-0.2, -0.15) is 13.2 Å². The SMILES string of the molecule is COc1nc(C2OC2NCC(C)(O)C(C)(F)F)c(N)cc1C(F)(F)F. The summed E-state index contributed by atoms with van der Waals surface area (Å²) in [5, 5.41) is 12.2. The molecular formula is C14H18F5N3O3. The molecule has 0 radical (unpaired) electrons. The number of hydrogen-bond acceptors (Lipinski definition) is 6. The molecule has 2 rings (SSSR count). The van der Waals surface area contributed by atoms with Crippen molar-refractivity contribution in [3.8, 4) is 5.88 Å². The lowest BCUT2D eigenvalue weighted by molar-refractivity contribution is -0.157. The fourth-order valence-corrected chi connectivity index (χ4v) is 2.04. The number of aliphatic hydroxyl groups is 1. The number of epoxide rings is 1. The van der Waals surface area contributed by atoms with Crippen molar-refractivity contribution < 1.29 is 36.5 Å². The van der Waals surface area contributed by atoms with Gasteiger partial charge in [0.15, 0.2) is 0 Å². The Morgan fingerprint density at radius 3 is 2.40 bits per heavy atom. The molecule has 0 aromatic carbocycles. The van der Waals surface area contributed by atoms with Crippen LogP contribution in [-0.4, -0.2) is 41.5 Å². The lowest BCUT2D eigenvalue weighted by Crippen LogP contribution is -2.51. The molecule has 0 amide bonds. The van der Waals surface area contributed by atoms with Crippen LogP contribution in [0.3, 0.4) is 0 Å². The average Bonchev–Trinajstić information content (AvgIpc) is 3.22. The monoisotopic (exact) mass is 371 g/mol. The van der Waals surface area contributed by atoms with Crippen molar-refractivity contribution in [1.29, 1.82) is 0 Å². The summed E-state index contributed by atoms with van der Waals surface area (Å²) in [6.07, 6.45) is -6.35. The van der Waals surface area contributed by atoms with Crippen LogP contribution in [0.25, 0.3) is 0 Å². The van der Waals surface area contributed by atoms with E-state index in [1.54, 1.807) is 0 Å². The van der Waals surface area contributed by atoms with Crippen LogP contribution in [0.1, 0.15) is 31.2 Å². The molecule has 6 nitrogen and oxygen atoms in total. The Balaban J connectivity index is 2.12. The minimum Gasteiger partial charge on any atom is -0.481 e. The maximum absolute atomic E-state index is 13.2. The van der Waals surface area contributed by atoms with Gasteiger partial charge in [-0.25, -0.2) is 13.8 Å². The first kappa shape index (κ1) is 19.6. The Hall–Kier alpha value is -1.72. The summed E-state index contributed by atoms with van der Waals surface area (Å²) in [7, 11) is 1.03. The Morgan fingerprint density at radius 2 is 1.92 bits per heavy atom. The minimum atomic E-state index is -4.70. The van der Waals surface area contributed by atoms with Crippen LogP contribution in [0.4, 0.5) is 27.6 Å². The van der Waals surface area contributed by atoms with Crippen LogP contribution >= 0.6 is 0 Å². The number of nitrogen functional groups attached to an aromatic ring is 1. The smallest absolute Gasteiger partial charge is 0.421 e. The number of halogens is 5. The van der Waals surface area contributed by atoms with Crippen LogP contribution in [0.15, 0.2) is 6.07 Å². The summed E-state index contributed by atoms with van der Waals surface area (Å²) in [5.41, 5.74) is 1.86. The Labute approximate surface area is 140 Å². The van der Waals surface area contributed by atoms with Gasteiger partial charge in [-0.3, -0.25) is 5.32 Å². The number of nitrogens with two attached hydrogens (primary N) is 1. The van der Waals surface area contributed by atoms with Crippen LogP contribution in [0.5, 0.6) is 5.88 Å². The van der Waals surface area contributed by atoms with Gasteiger partial charge in [0.2, 0.25) is 5.88 Å². The summed E-state index contributed by atoms with van der Waals surface area (Å²) in [6, 6.07) is 0.677. The number of pyridine rings is 1. The third-order valence-corrected chi connectivity index (χ3v) is 3.90. The number of nitrogens with one attached hydrogen (secondary N) is 1. The molecule has 4 N–H and O–H groups in total. The van der Waals surface area contributed by atoms with Crippen LogP contribution in [-0.2, 0) is 10.9 Å². The third kappa shape index (κ3) is 4.10. The van der Waals surface area contributed by atoms with Gasteiger partial charge in [0, 0.05) is 13.5 Å². The molecule has 1 saturated heterocycles. The van der Waals surface area contributed by atoms with Gasteiger partial charge < -0.3 is 20.3 Å². The van der Waals surface area contributed by atoms with Gasteiger partial charge in [-0.05, 0) is 13.0 Å². The van der Waals surface area contributed by atoms with Gasteiger partial charge in [-0.1, -0.05) is 0 Å². The summed E-state index contributed by atoms with van der Waals surface area (Å²) in [6.45, 7) is 1.01. The van der Waals surface area contributed by atoms with E-state index in [0.29, 0.717) is 13.0 Å². The molecule has 1 aromatic rings. The van der Waals surface area contributed by atoms with Crippen molar-refractivity contribution in [3.05, 3.63) is 17.3 Å². The highest BCUT2D eigenvalue weighted by atomic mass is 19.4. The maximum atomic E-state index is 13.2. The number of ether oxygens (including phenoxy) is 2. The largest absolute Gasteiger partial charge is 0.481 e. The minimum absolute atomic E-state index is 0.00903. The first-order valence-corrected chi connectivity index (χ1v) is 7.18. The van der Waals surface area contributed by atoms with Crippen LogP contribution < -0.4 is 15.8 Å². The second-order valence-electron chi connectivity index (χ2n) is 6.04. The van der Waals surface area contributed by atoms with Crippen molar-refractivity contribution in [2.75, 3.05) is 19.4 Å². The maximum Gasteiger partial charge on any atom is 0.421 e. The molecule has 0 aliphatic carbocycles. The molecule has 1 aliphatic rings. The zero-order valence-electron chi connectivity index (χ0n) is 13.6. The Bertz CT molecular complexity index is 646. The fourth-order valence-electron chi connectivity index (χ4n) is 2.04. The molecule has 1 fully saturated rings. The molecule has 11 heteroatoms. The third-order valence-electron chi connectivity index (χ3n) is 3.90. The van der Waals surface area contributed by atoms with E-state index in [2.05, 4.69) is 15.0 Å². The van der Waals surface area contributed by atoms with E-state index < -0.39 is 48.0 Å². The molecule has 0 bridgehead atoms. The standard InChI is InChI=1S/C14H18F5N3O3/c1-12(23,13(2,15)16)5-21-11-9(25-11)8-7(20)4-6(14(17,18)19)10(22-8)24-3/h4,9,11,21,23H,5,20H2,1-3H3. The predicted molar refractivity (Wildman–Crippen MR) is 77.1 cm³/mol. The number of rotatable bonds is 6. The number of methoxy groups -OCH3 is 1. The van der Waals surface area contributed by atoms with Gasteiger partial charge in [0.1, 0.15) is 29.2 Å². The molecule has 1 aliphatic heterocycles. The number of anilines is 1. The Kier molecular flexibility index (Phi) is 4.88. The summed E-state index contributed by atoms with van der Waals surface area (Å²) in [4.78, 5) is 3.72. The van der Waals surface area contributed by atoms with Gasteiger partial charge in [-0.15, -0.1) is 0 Å². The topological polar surface area (TPSA) is 92.9 Å². The van der Waals surface area contributed by atoms with E-state index in [9.17, 15) is 27.1 Å². The molecular weight excluding hydrogens is 353 g/mol. The molecule has 25 heavy (non-hydrogen) atoms. The second-order valence-corrected chi connectivity index (χ2v) is 6.04. The molecule has 142 valence electrons. The lowest BCUT2D eigenvalue weighted by atomic mass is 9.99. The summed E-state index contributed by atoms with van der Waals surface area (Å²) in [5.74, 6) is -4.03. The number of aromatic nitrogens is 1. The number of alkyl halides is 5. The Morgan fingerprint density at radius 1 is 1.32 bits per heavy atom. The van der Waals surface area contributed by atoms with Gasteiger partial charge >= 0.3 is 6.18 Å². The number of nitrogens with zero attached hydrogens (tertiary/aromatic N) is 1. The van der Waals surface area contributed by atoms with E-state index >= 15 is 0 Å². The van der Waals surface area contributed by atoms with E-state index in [1.807, 2.05) is 0 Å². The molecule has 3 unspecified atom stereocenters. The first-order chi connectivity index (χ1) is 11.3. The van der Waals surface area contributed by atoms with Gasteiger partial charge in [0.25, 0.3) is 5.92 Å². The summed E-state index contributed by atoms with van der Waals surface area (Å²) < 4.78 is 74.9. The van der Waals surface area contributed by atoms with Crippen molar-refractivity contribution in [3.63, 3.8) is 0 Å². The van der Waals surface area contributed by atoms with Crippen molar-refractivity contribution in [1.82, 2.24) is 10.3 Å². The van der Waals surface area contributed by atoms with Crippen LogP contribution in [0, 0.1) is 0 Å². The van der Waals surface area contributed by atoms with E-state index in [1.165, 1.54) is 0 Å². The fraction of sp³-hybridized carbons (Fsp3) is 0.643. The van der Waals surface area contributed by atoms with Crippen molar-refractivity contribution in [2.24, 2.45) is 0 Å². The molecule has 0 spiro atoms. The van der Waals surface area contributed by atoms with E-state index in [0.717, 1.165) is 14.0 Å². The normalized spacial score (nSPS) is 23.2. The zero-order chi connectivity index (χ0) is 19.2. The highest BCUT2D eigenvalue weighted by molar-refractivity contribution is 5.52. The van der Waals surface area contributed by atoms with E-state index in [-0.39, 0.29) is 11.4 Å². The molecule has 0 saturated carbocycles. The summed E-state index contributed by atoms with van der Waals surface area (Å²) >= 11 is 0. The molecule has 3 atom stereocenters. The zero-order valence-corrected chi connectivity index (χ0v) is 13.6. The average molecular weight is 371 g/mol. The highest BCUT2D eigenvalue weighted by Gasteiger charge is 2.49.